The van der Waals surface area contributed by atoms with Gasteiger partial charge < -0.3 is 11.1 Å². The second-order valence-corrected chi connectivity index (χ2v) is 4.71. The van der Waals surface area contributed by atoms with Gasteiger partial charge in [-0.05, 0) is 27.7 Å². The van der Waals surface area contributed by atoms with E-state index < -0.39 is 5.41 Å². The van der Waals surface area contributed by atoms with Crippen LogP contribution >= 0.6 is 0 Å². The van der Waals surface area contributed by atoms with Crippen LogP contribution in [0.3, 0.4) is 0 Å². The van der Waals surface area contributed by atoms with E-state index in [1.54, 1.807) is 4.68 Å². The van der Waals surface area contributed by atoms with Gasteiger partial charge >= 0.3 is 0 Å². The number of aryl methyl sites for hydroxylation is 2. The van der Waals surface area contributed by atoms with Crippen LogP contribution in [0.5, 0.6) is 0 Å². The fraction of sp³-hybridized carbons (Fsp3) is 0.636. The van der Waals surface area contributed by atoms with Crippen molar-refractivity contribution in [3.8, 4) is 0 Å². The number of hydrogen-bond acceptors (Lipinski definition) is 3. The molecule has 5 heteroatoms. The SMILES string of the molecule is Cc1nn(C)c(C)c1NC(=O)C(C)(C)CN. The van der Waals surface area contributed by atoms with Crippen LogP contribution in [0.15, 0.2) is 0 Å². The van der Waals surface area contributed by atoms with Gasteiger partial charge in [0.25, 0.3) is 0 Å². The molecule has 1 aromatic rings. The maximum absolute atomic E-state index is 12.0. The summed E-state index contributed by atoms with van der Waals surface area (Å²) in [6, 6.07) is 0. The van der Waals surface area contributed by atoms with E-state index in [1.165, 1.54) is 0 Å². The molecule has 0 saturated heterocycles. The predicted octanol–water partition coefficient (Wildman–Crippen LogP) is 0.960. The van der Waals surface area contributed by atoms with Crippen LogP contribution in [0.25, 0.3) is 0 Å². The zero-order valence-corrected chi connectivity index (χ0v) is 10.6. The van der Waals surface area contributed by atoms with Gasteiger partial charge in [0.2, 0.25) is 5.91 Å². The van der Waals surface area contributed by atoms with E-state index in [4.69, 9.17) is 5.73 Å². The Morgan fingerprint density at radius 3 is 2.44 bits per heavy atom. The Balaban J connectivity index is 2.94. The molecule has 0 radical (unpaired) electrons. The maximum atomic E-state index is 12.0. The fourth-order valence-corrected chi connectivity index (χ4v) is 1.33. The lowest BCUT2D eigenvalue weighted by Crippen LogP contribution is -2.37. The van der Waals surface area contributed by atoms with Crippen LogP contribution in [0.4, 0.5) is 5.69 Å². The van der Waals surface area contributed by atoms with Crippen molar-refractivity contribution < 1.29 is 4.79 Å². The van der Waals surface area contributed by atoms with Crippen LogP contribution in [0.1, 0.15) is 25.2 Å². The third kappa shape index (κ3) is 2.24. The predicted molar refractivity (Wildman–Crippen MR) is 64.1 cm³/mol. The quantitative estimate of drug-likeness (QED) is 0.803. The maximum Gasteiger partial charge on any atom is 0.231 e. The highest BCUT2D eigenvalue weighted by molar-refractivity contribution is 5.95. The molecule has 0 aliphatic rings. The molecule has 0 saturated carbocycles. The van der Waals surface area contributed by atoms with Gasteiger partial charge in [0.1, 0.15) is 0 Å². The summed E-state index contributed by atoms with van der Waals surface area (Å²) in [6.07, 6.45) is 0. The molecule has 0 aromatic carbocycles. The smallest absolute Gasteiger partial charge is 0.231 e. The number of nitrogens with two attached hydrogens (primary N) is 1. The molecule has 0 aliphatic carbocycles. The largest absolute Gasteiger partial charge is 0.329 e. The number of amides is 1. The van der Waals surface area contributed by atoms with Crippen LogP contribution in [-0.4, -0.2) is 22.2 Å². The molecule has 0 spiro atoms. The molecule has 3 N–H and O–H groups in total. The lowest BCUT2D eigenvalue weighted by atomic mass is 9.92. The van der Waals surface area contributed by atoms with Crippen molar-refractivity contribution in [3.63, 3.8) is 0 Å². The van der Waals surface area contributed by atoms with E-state index in [2.05, 4.69) is 10.4 Å². The summed E-state index contributed by atoms with van der Waals surface area (Å²) in [7, 11) is 1.85. The third-order valence-corrected chi connectivity index (χ3v) is 2.87. The minimum absolute atomic E-state index is 0.0748. The van der Waals surface area contributed by atoms with Crippen molar-refractivity contribution in [1.29, 1.82) is 0 Å². The Morgan fingerprint density at radius 2 is 2.06 bits per heavy atom. The van der Waals surface area contributed by atoms with Crippen LogP contribution < -0.4 is 11.1 Å². The summed E-state index contributed by atoms with van der Waals surface area (Å²) in [5, 5.41) is 7.13. The first kappa shape index (κ1) is 12.7. The van der Waals surface area contributed by atoms with Crippen molar-refractivity contribution in [2.45, 2.75) is 27.7 Å². The fourth-order valence-electron chi connectivity index (χ4n) is 1.33. The van der Waals surface area contributed by atoms with Gasteiger partial charge in [-0.1, -0.05) is 0 Å². The molecule has 0 fully saturated rings. The molecule has 90 valence electrons. The molecule has 0 bridgehead atoms. The normalized spacial score (nSPS) is 11.6. The Kier molecular flexibility index (Phi) is 3.38. The third-order valence-electron chi connectivity index (χ3n) is 2.87. The minimum Gasteiger partial charge on any atom is -0.329 e. The number of hydrogen-bond donors (Lipinski definition) is 2. The van der Waals surface area contributed by atoms with Crippen molar-refractivity contribution in [2.24, 2.45) is 18.2 Å². The molecule has 0 aliphatic heterocycles. The zero-order chi connectivity index (χ0) is 12.5. The van der Waals surface area contributed by atoms with Gasteiger partial charge in [-0.25, -0.2) is 0 Å². The number of anilines is 1. The van der Waals surface area contributed by atoms with Gasteiger partial charge in [-0.3, -0.25) is 9.48 Å². The lowest BCUT2D eigenvalue weighted by Gasteiger charge is -2.21. The summed E-state index contributed by atoms with van der Waals surface area (Å²) >= 11 is 0. The second-order valence-electron chi connectivity index (χ2n) is 4.71. The first-order chi connectivity index (χ1) is 7.29. The molecular weight excluding hydrogens is 204 g/mol. The van der Waals surface area contributed by atoms with E-state index in [-0.39, 0.29) is 5.91 Å². The summed E-state index contributed by atoms with van der Waals surface area (Å²) < 4.78 is 1.75. The highest BCUT2D eigenvalue weighted by Crippen LogP contribution is 2.22. The van der Waals surface area contributed by atoms with E-state index >= 15 is 0 Å². The molecule has 1 heterocycles. The van der Waals surface area contributed by atoms with Gasteiger partial charge in [0.05, 0.1) is 22.5 Å². The molecule has 5 nitrogen and oxygen atoms in total. The number of aromatic nitrogens is 2. The Labute approximate surface area is 96.0 Å². The molecule has 0 unspecified atom stereocenters. The first-order valence-corrected chi connectivity index (χ1v) is 5.31. The van der Waals surface area contributed by atoms with Crippen LogP contribution in [-0.2, 0) is 11.8 Å². The molecule has 1 amide bonds. The molecule has 16 heavy (non-hydrogen) atoms. The number of carbonyl (C=O) groups is 1. The summed E-state index contributed by atoms with van der Waals surface area (Å²) in [5.74, 6) is -0.0748. The van der Waals surface area contributed by atoms with Crippen LogP contribution in [0.2, 0.25) is 0 Å². The van der Waals surface area contributed by atoms with Gasteiger partial charge in [0.15, 0.2) is 0 Å². The summed E-state index contributed by atoms with van der Waals surface area (Å²) in [6.45, 7) is 7.76. The standard InChI is InChI=1S/C11H20N4O/c1-7-9(8(2)15(5)14-7)13-10(16)11(3,4)6-12/h6,12H2,1-5H3,(H,13,16). The molecule has 1 rings (SSSR count). The Morgan fingerprint density at radius 1 is 1.50 bits per heavy atom. The van der Waals surface area contributed by atoms with E-state index in [0.29, 0.717) is 6.54 Å². The van der Waals surface area contributed by atoms with E-state index in [0.717, 1.165) is 17.1 Å². The Hall–Kier alpha value is -1.36. The molecule has 1 aromatic heterocycles. The summed E-state index contributed by atoms with van der Waals surface area (Å²) in [5.41, 5.74) is 7.55. The average Bonchev–Trinajstić information content (AvgIpc) is 2.45. The van der Waals surface area contributed by atoms with E-state index in [9.17, 15) is 4.79 Å². The highest BCUT2D eigenvalue weighted by atomic mass is 16.2. The number of rotatable bonds is 3. The van der Waals surface area contributed by atoms with Crippen molar-refractivity contribution in [2.75, 3.05) is 11.9 Å². The van der Waals surface area contributed by atoms with Crippen molar-refractivity contribution in [3.05, 3.63) is 11.4 Å². The Bertz CT molecular complexity index is 406. The van der Waals surface area contributed by atoms with Gasteiger partial charge in [0, 0.05) is 13.6 Å². The minimum atomic E-state index is -0.561. The lowest BCUT2D eigenvalue weighted by molar-refractivity contribution is -0.123. The average molecular weight is 224 g/mol. The van der Waals surface area contributed by atoms with Crippen LogP contribution in [0, 0.1) is 19.3 Å². The molecular formula is C11H20N4O. The second kappa shape index (κ2) is 4.25. The van der Waals surface area contributed by atoms with Gasteiger partial charge in [-0.2, -0.15) is 5.10 Å². The van der Waals surface area contributed by atoms with Gasteiger partial charge in [-0.15, -0.1) is 0 Å². The number of carbonyl (C=O) groups excluding carboxylic acids is 1. The highest BCUT2D eigenvalue weighted by Gasteiger charge is 2.27. The number of nitrogens with one attached hydrogen (secondary N) is 1. The van der Waals surface area contributed by atoms with Crippen molar-refractivity contribution >= 4 is 11.6 Å². The van der Waals surface area contributed by atoms with E-state index in [1.807, 2.05) is 34.7 Å². The topological polar surface area (TPSA) is 72.9 Å². The van der Waals surface area contributed by atoms with Crippen molar-refractivity contribution in [1.82, 2.24) is 9.78 Å². The zero-order valence-electron chi connectivity index (χ0n) is 10.6. The summed E-state index contributed by atoms with van der Waals surface area (Å²) in [4.78, 5) is 12.0. The monoisotopic (exact) mass is 224 g/mol. The first-order valence-electron chi connectivity index (χ1n) is 5.31. The number of nitrogens with zero attached hydrogens (tertiary/aromatic N) is 2. The molecule has 0 atom stereocenters.